The molecule has 0 saturated carbocycles. The smallest absolute Gasteiger partial charge is 0.338 e. The number of rotatable bonds is 8. The van der Waals surface area contributed by atoms with Crippen LogP contribution in [0.1, 0.15) is 23.7 Å². The first-order valence-electron chi connectivity index (χ1n) is 8.18. The number of nitrogens with one attached hydrogen (secondary N) is 1. The summed E-state index contributed by atoms with van der Waals surface area (Å²) in [6.07, 6.45) is 0.795. The zero-order valence-corrected chi connectivity index (χ0v) is 16.4. The second kappa shape index (κ2) is 10.0. The quantitative estimate of drug-likeness (QED) is 0.643. The molecule has 0 saturated heterocycles. The fourth-order valence-corrected chi connectivity index (χ4v) is 2.59. The monoisotopic (exact) mass is 411 g/mol. The molecule has 1 amide bonds. The lowest BCUT2D eigenvalue weighted by Gasteiger charge is -2.13. The van der Waals surface area contributed by atoms with Crippen LogP contribution in [0.15, 0.2) is 36.4 Å². The fourth-order valence-electron chi connectivity index (χ4n) is 2.15. The van der Waals surface area contributed by atoms with E-state index >= 15 is 0 Å². The van der Waals surface area contributed by atoms with Crippen LogP contribution in [0.5, 0.6) is 11.5 Å². The number of carbonyl (C=O) groups excluding carboxylic acids is 2. The predicted molar refractivity (Wildman–Crippen MR) is 104 cm³/mol. The van der Waals surface area contributed by atoms with E-state index in [0.717, 1.165) is 6.42 Å². The van der Waals surface area contributed by atoms with E-state index < -0.39 is 18.5 Å². The Balaban J connectivity index is 2.02. The van der Waals surface area contributed by atoms with Crippen molar-refractivity contribution in [3.05, 3.63) is 52.0 Å². The van der Waals surface area contributed by atoms with Crippen LogP contribution in [0.4, 0.5) is 5.69 Å². The molecule has 2 aromatic carbocycles. The summed E-state index contributed by atoms with van der Waals surface area (Å²) < 4.78 is 15.8. The molecule has 0 aromatic heterocycles. The van der Waals surface area contributed by atoms with Gasteiger partial charge in [-0.2, -0.15) is 0 Å². The van der Waals surface area contributed by atoms with Gasteiger partial charge in [0, 0.05) is 0 Å². The number of halogens is 2. The van der Waals surface area contributed by atoms with Crippen molar-refractivity contribution in [1.82, 2.24) is 0 Å². The minimum absolute atomic E-state index is 0.145. The van der Waals surface area contributed by atoms with E-state index in [9.17, 15) is 9.59 Å². The average molecular weight is 412 g/mol. The van der Waals surface area contributed by atoms with E-state index in [0.29, 0.717) is 28.8 Å². The van der Waals surface area contributed by atoms with Crippen molar-refractivity contribution in [2.75, 3.05) is 25.6 Å². The Labute approximate surface area is 167 Å². The zero-order valence-electron chi connectivity index (χ0n) is 14.9. The highest BCUT2D eigenvalue weighted by Gasteiger charge is 2.18. The number of carbonyl (C=O) groups is 2. The Morgan fingerprint density at radius 3 is 2.52 bits per heavy atom. The topological polar surface area (TPSA) is 73.9 Å². The first-order valence-corrected chi connectivity index (χ1v) is 8.93. The van der Waals surface area contributed by atoms with E-state index in [2.05, 4.69) is 5.32 Å². The molecule has 6 nitrogen and oxygen atoms in total. The Morgan fingerprint density at radius 1 is 1.11 bits per heavy atom. The molecule has 2 rings (SSSR count). The highest BCUT2D eigenvalue weighted by molar-refractivity contribution is 6.33. The zero-order chi connectivity index (χ0) is 19.8. The summed E-state index contributed by atoms with van der Waals surface area (Å²) in [5.74, 6) is -0.568. The van der Waals surface area contributed by atoms with Crippen LogP contribution in [0.3, 0.4) is 0 Å². The van der Waals surface area contributed by atoms with E-state index in [4.69, 9.17) is 37.4 Å². The summed E-state index contributed by atoms with van der Waals surface area (Å²) >= 11 is 12.1. The van der Waals surface area contributed by atoms with Gasteiger partial charge in [-0.25, -0.2) is 4.79 Å². The van der Waals surface area contributed by atoms with Gasteiger partial charge in [-0.15, -0.1) is 0 Å². The third kappa shape index (κ3) is 5.77. The van der Waals surface area contributed by atoms with Crippen molar-refractivity contribution < 1.29 is 23.8 Å². The van der Waals surface area contributed by atoms with Crippen molar-refractivity contribution in [3.63, 3.8) is 0 Å². The Morgan fingerprint density at radius 2 is 1.85 bits per heavy atom. The highest BCUT2D eigenvalue weighted by atomic mass is 35.5. The first-order chi connectivity index (χ1) is 13.0. The molecule has 0 aliphatic rings. The number of para-hydroxylation sites is 1. The van der Waals surface area contributed by atoms with Gasteiger partial charge in [-0.3, -0.25) is 4.79 Å². The summed E-state index contributed by atoms with van der Waals surface area (Å²) in [5.41, 5.74) is 0.577. The molecule has 1 N–H and O–H groups in total. The Kier molecular flexibility index (Phi) is 7.76. The van der Waals surface area contributed by atoms with Crippen LogP contribution in [0.2, 0.25) is 10.0 Å². The highest BCUT2D eigenvalue weighted by Crippen LogP contribution is 2.36. The third-order valence-electron chi connectivity index (χ3n) is 3.40. The first kappa shape index (κ1) is 20.9. The van der Waals surface area contributed by atoms with E-state index in [1.807, 2.05) is 6.92 Å². The normalized spacial score (nSPS) is 10.2. The lowest BCUT2D eigenvalue weighted by atomic mass is 10.2. The molecule has 27 heavy (non-hydrogen) atoms. The lowest BCUT2D eigenvalue weighted by molar-refractivity contribution is -0.119. The van der Waals surface area contributed by atoms with Crippen molar-refractivity contribution in [2.24, 2.45) is 0 Å². The largest absolute Gasteiger partial charge is 0.493 e. The molecule has 0 spiro atoms. The van der Waals surface area contributed by atoms with Gasteiger partial charge in [0.25, 0.3) is 5.91 Å². The van der Waals surface area contributed by atoms with Crippen LogP contribution >= 0.6 is 23.2 Å². The van der Waals surface area contributed by atoms with E-state index in [1.54, 1.807) is 24.3 Å². The number of esters is 1. The summed E-state index contributed by atoms with van der Waals surface area (Å²) in [6, 6.07) is 9.60. The van der Waals surface area contributed by atoms with Crippen molar-refractivity contribution in [3.8, 4) is 11.5 Å². The minimum Gasteiger partial charge on any atom is -0.493 e. The molecule has 0 heterocycles. The molecule has 0 atom stereocenters. The number of anilines is 1. The molecule has 2 aromatic rings. The van der Waals surface area contributed by atoms with Crippen LogP contribution in [0, 0.1) is 0 Å². The van der Waals surface area contributed by atoms with Crippen molar-refractivity contribution >= 4 is 40.8 Å². The van der Waals surface area contributed by atoms with Gasteiger partial charge in [0.05, 0.1) is 35.0 Å². The van der Waals surface area contributed by atoms with Gasteiger partial charge >= 0.3 is 5.97 Å². The van der Waals surface area contributed by atoms with Crippen LogP contribution in [-0.2, 0) is 9.53 Å². The number of benzene rings is 2. The van der Waals surface area contributed by atoms with Crippen LogP contribution < -0.4 is 14.8 Å². The SMILES string of the molecule is CCCOc1c(Cl)cc(C(=O)OCC(=O)Nc2ccccc2Cl)cc1OC. The fraction of sp³-hybridized carbons (Fsp3) is 0.263. The minimum atomic E-state index is -0.716. The van der Waals surface area contributed by atoms with Crippen molar-refractivity contribution in [2.45, 2.75) is 13.3 Å². The molecule has 0 fully saturated rings. The van der Waals surface area contributed by atoms with Crippen LogP contribution in [0.25, 0.3) is 0 Å². The van der Waals surface area contributed by atoms with Gasteiger partial charge in [-0.1, -0.05) is 42.3 Å². The number of hydrogen-bond donors (Lipinski definition) is 1. The second-order valence-electron chi connectivity index (χ2n) is 5.44. The average Bonchev–Trinajstić information content (AvgIpc) is 2.66. The molecule has 0 radical (unpaired) electrons. The molecular weight excluding hydrogens is 393 g/mol. The Hall–Kier alpha value is -2.44. The van der Waals surface area contributed by atoms with Gasteiger partial charge in [-0.05, 0) is 30.7 Å². The molecule has 144 valence electrons. The maximum absolute atomic E-state index is 12.2. The molecule has 0 bridgehead atoms. The maximum atomic E-state index is 12.2. The lowest BCUT2D eigenvalue weighted by Crippen LogP contribution is -2.21. The van der Waals surface area contributed by atoms with Crippen LogP contribution in [-0.4, -0.2) is 32.2 Å². The van der Waals surface area contributed by atoms with E-state index in [1.165, 1.54) is 19.2 Å². The number of hydrogen-bond acceptors (Lipinski definition) is 5. The molecule has 0 unspecified atom stereocenters. The van der Waals surface area contributed by atoms with Gasteiger partial charge in [0.15, 0.2) is 18.1 Å². The summed E-state index contributed by atoms with van der Waals surface area (Å²) in [4.78, 5) is 24.2. The Bertz CT molecular complexity index is 826. The molecule has 0 aliphatic heterocycles. The van der Waals surface area contributed by atoms with Crippen molar-refractivity contribution in [1.29, 1.82) is 0 Å². The molecular formula is C19H19Cl2NO5. The van der Waals surface area contributed by atoms with Gasteiger partial charge in [0.2, 0.25) is 0 Å². The summed E-state index contributed by atoms with van der Waals surface area (Å²) in [6.45, 7) is 1.94. The summed E-state index contributed by atoms with van der Waals surface area (Å²) in [5, 5.41) is 3.17. The third-order valence-corrected chi connectivity index (χ3v) is 4.01. The van der Waals surface area contributed by atoms with Gasteiger partial charge in [0.1, 0.15) is 0 Å². The maximum Gasteiger partial charge on any atom is 0.338 e. The number of ether oxygens (including phenoxy) is 3. The second-order valence-corrected chi connectivity index (χ2v) is 6.26. The predicted octanol–water partition coefficient (Wildman–Crippen LogP) is 4.59. The number of methoxy groups -OCH3 is 1. The number of amides is 1. The summed E-state index contributed by atoms with van der Waals surface area (Å²) in [7, 11) is 1.44. The van der Waals surface area contributed by atoms with Gasteiger partial charge < -0.3 is 19.5 Å². The van der Waals surface area contributed by atoms with E-state index in [-0.39, 0.29) is 10.6 Å². The molecule has 0 aliphatic carbocycles. The molecule has 8 heteroatoms. The standard InChI is InChI=1S/C19H19Cl2NO5/c1-3-8-26-18-14(21)9-12(10-16(18)25-2)19(24)27-11-17(23)22-15-7-5-4-6-13(15)20/h4-7,9-10H,3,8,11H2,1-2H3,(H,22,23).